The van der Waals surface area contributed by atoms with Gasteiger partial charge in [-0.05, 0) is 30.2 Å². The Morgan fingerprint density at radius 2 is 1.96 bits per heavy atom. The lowest BCUT2D eigenvalue weighted by Crippen LogP contribution is -2.33. The zero-order valence-corrected chi connectivity index (χ0v) is 13.4. The molecular formula is C17H17F2N3O3. The number of carbonyl (C=O) groups excluding carboxylic acids is 2. The number of benzene rings is 1. The lowest BCUT2D eigenvalue weighted by molar-refractivity contribution is 0.0706. The number of primary amides is 1. The molecule has 1 aromatic heterocycles. The molecule has 3 N–H and O–H groups in total. The fourth-order valence-electron chi connectivity index (χ4n) is 3.13. The second-order valence-electron chi connectivity index (χ2n) is 6.13. The number of aromatic nitrogens is 1. The fraction of sp³-hybridized carbons (Fsp3) is 0.294. The summed E-state index contributed by atoms with van der Waals surface area (Å²) in [5.74, 6) is -3.08. The second kappa shape index (κ2) is 6.29. The highest BCUT2D eigenvalue weighted by atomic mass is 19.2. The van der Waals surface area contributed by atoms with Crippen LogP contribution in [-0.2, 0) is 7.05 Å². The van der Waals surface area contributed by atoms with Crippen LogP contribution in [0.3, 0.4) is 0 Å². The zero-order chi connectivity index (χ0) is 18.3. The van der Waals surface area contributed by atoms with E-state index in [2.05, 4.69) is 0 Å². The number of β-amino-alcohol motifs (C(OH)–C–C–N with tert-alkyl or cyclic N) is 1. The SMILES string of the molecule is Cn1cc(C(N)=O)cc1C(=O)N1C[C@H](O)C[C@@H]1c1ccc(F)c(F)c1. The van der Waals surface area contributed by atoms with Crippen molar-refractivity contribution in [2.24, 2.45) is 12.8 Å². The standard InChI is InChI=1S/C17H17F2N3O3/c1-21-7-10(16(20)24)5-15(21)17(25)22-8-11(23)6-14(22)9-2-3-12(18)13(19)4-9/h2-5,7,11,14,23H,6,8H2,1H3,(H2,20,24)/t11-,14-/m1/s1. The molecule has 25 heavy (non-hydrogen) atoms. The Kier molecular flexibility index (Phi) is 4.30. The van der Waals surface area contributed by atoms with Crippen molar-refractivity contribution in [2.75, 3.05) is 6.54 Å². The summed E-state index contributed by atoms with van der Waals surface area (Å²) >= 11 is 0. The van der Waals surface area contributed by atoms with E-state index in [0.717, 1.165) is 12.1 Å². The summed E-state index contributed by atoms with van der Waals surface area (Å²) < 4.78 is 28.2. The smallest absolute Gasteiger partial charge is 0.271 e. The molecule has 0 radical (unpaired) electrons. The Balaban J connectivity index is 1.95. The number of carbonyl (C=O) groups is 2. The van der Waals surface area contributed by atoms with Gasteiger partial charge in [0, 0.05) is 19.8 Å². The monoisotopic (exact) mass is 349 g/mol. The fourth-order valence-corrected chi connectivity index (χ4v) is 3.13. The van der Waals surface area contributed by atoms with Crippen molar-refractivity contribution in [3.63, 3.8) is 0 Å². The number of aliphatic hydroxyl groups is 1. The van der Waals surface area contributed by atoms with Gasteiger partial charge in [0.2, 0.25) is 5.91 Å². The molecule has 6 nitrogen and oxygen atoms in total. The molecule has 0 aliphatic carbocycles. The van der Waals surface area contributed by atoms with E-state index in [1.807, 2.05) is 0 Å². The predicted molar refractivity (Wildman–Crippen MR) is 84.7 cm³/mol. The van der Waals surface area contributed by atoms with E-state index in [0.29, 0.717) is 5.56 Å². The maximum atomic E-state index is 13.5. The van der Waals surface area contributed by atoms with Gasteiger partial charge in [-0.25, -0.2) is 8.78 Å². The maximum absolute atomic E-state index is 13.5. The average Bonchev–Trinajstić information content (AvgIpc) is 3.13. The van der Waals surface area contributed by atoms with Gasteiger partial charge in [0.15, 0.2) is 11.6 Å². The highest BCUT2D eigenvalue weighted by Crippen LogP contribution is 2.34. The van der Waals surface area contributed by atoms with E-state index < -0.39 is 35.6 Å². The van der Waals surface area contributed by atoms with Crippen LogP contribution in [0.4, 0.5) is 8.78 Å². The summed E-state index contributed by atoms with van der Waals surface area (Å²) in [6.45, 7) is 0.0551. The van der Waals surface area contributed by atoms with Gasteiger partial charge in [0.25, 0.3) is 5.91 Å². The van der Waals surface area contributed by atoms with E-state index >= 15 is 0 Å². The van der Waals surface area contributed by atoms with Crippen LogP contribution in [0.25, 0.3) is 0 Å². The normalized spacial score (nSPS) is 20.1. The molecule has 0 saturated carbocycles. The first-order valence-electron chi connectivity index (χ1n) is 7.68. The molecule has 2 heterocycles. The highest BCUT2D eigenvalue weighted by molar-refractivity contribution is 5.99. The van der Waals surface area contributed by atoms with Crippen LogP contribution >= 0.6 is 0 Å². The summed E-state index contributed by atoms with van der Waals surface area (Å²) in [6.07, 6.45) is 0.872. The van der Waals surface area contributed by atoms with E-state index in [-0.39, 0.29) is 24.2 Å². The number of hydrogen-bond acceptors (Lipinski definition) is 3. The number of rotatable bonds is 3. The van der Waals surface area contributed by atoms with Crippen LogP contribution < -0.4 is 5.73 Å². The third kappa shape index (κ3) is 3.12. The Morgan fingerprint density at radius 1 is 1.24 bits per heavy atom. The van der Waals surface area contributed by atoms with Gasteiger partial charge in [-0.15, -0.1) is 0 Å². The number of aliphatic hydroxyl groups excluding tert-OH is 1. The van der Waals surface area contributed by atoms with Crippen molar-refractivity contribution < 1.29 is 23.5 Å². The van der Waals surface area contributed by atoms with Gasteiger partial charge in [0.05, 0.1) is 17.7 Å². The van der Waals surface area contributed by atoms with Gasteiger partial charge in [0.1, 0.15) is 5.69 Å². The predicted octanol–water partition coefficient (Wildman–Crippen LogP) is 1.35. The van der Waals surface area contributed by atoms with E-state index in [1.54, 1.807) is 7.05 Å². The molecule has 1 aliphatic rings. The molecule has 1 aliphatic heterocycles. The summed E-state index contributed by atoms with van der Waals surface area (Å²) in [7, 11) is 1.60. The number of nitrogens with zero attached hydrogens (tertiary/aromatic N) is 2. The lowest BCUT2D eigenvalue weighted by atomic mass is 10.0. The summed E-state index contributed by atoms with van der Waals surface area (Å²) in [5.41, 5.74) is 6.03. The molecule has 8 heteroatoms. The van der Waals surface area contributed by atoms with Crippen LogP contribution in [0.2, 0.25) is 0 Å². The van der Waals surface area contributed by atoms with Crippen LogP contribution in [0, 0.1) is 11.6 Å². The van der Waals surface area contributed by atoms with Gasteiger partial charge in [-0.3, -0.25) is 9.59 Å². The zero-order valence-electron chi connectivity index (χ0n) is 13.4. The molecular weight excluding hydrogens is 332 g/mol. The largest absolute Gasteiger partial charge is 0.391 e. The van der Waals surface area contributed by atoms with Crippen molar-refractivity contribution >= 4 is 11.8 Å². The molecule has 0 unspecified atom stereocenters. The number of aryl methyl sites for hydroxylation is 1. The van der Waals surface area contributed by atoms with Gasteiger partial charge >= 0.3 is 0 Å². The number of halogens is 2. The molecule has 2 atom stereocenters. The minimum absolute atomic E-state index is 0.0551. The quantitative estimate of drug-likeness (QED) is 0.877. The minimum atomic E-state index is -1.01. The second-order valence-corrected chi connectivity index (χ2v) is 6.13. The van der Waals surface area contributed by atoms with Gasteiger partial charge < -0.3 is 20.3 Å². The highest BCUT2D eigenvalue weighted by Gasteiger charge is 2.37. The van der Waals surface area contributed by atoms with Crippen LogP contribution in [-0.4, -0.2) is 39.0 Å². The van der Waals surface area contributed by atoms with Crippen molar-refractivity contribution in [3.05, 3.63) is 58.9 Å². The molecule has 1 saturated heterocycles. The molecule has 2 aromatic rings. The first-order chi connectivity index (χ1) is 11.8. The molecule has 3 rings (SSSR count). The Hall–Kier alpha value is -2.74. The van der Waals surface area contributed by atoms with Crippen LogP contribution in [0.5, 0.6) is 0 Å². The Morgan fingerprint density at radius 3 is 2.56 bits per heavy atom. The van der Waals surface area contributed by atoms with Crippen LogP contribution in [0.1, 0.15) is 38.9 Å². The summed E-state index contributed by atoms with van der Waals surface area (Å²) in [5, 5.41) is 9.97. The average molecular weight is 349 g/mol. The first kappa shape index (κ1) is 17.1. The summed E-state index contributed by atoms with van der Waals surface area (Å²) in [6, 6.07) is 4.19. The minimum Gasteiger partial charge on any atom is -0.391 e. The van der Waals surface area contributed by atoms with Crippen LogP contribution in [0.15, 0.2) is 30.5 Å². The molecule has 132 valence electrons. The third-order valence-electron chi connectivity index (χ3n) is 4.38. The van der Waals surface area contributed by atoms with Crippen molar-refractivity contribution in [2.45, 2.75) is 18.6 Å². The van der Waals surface area contributed by atoms with Crippen molar-refractivity contribution in [1.29, 1.82) is 0 Å². The number of nitrogens with two attached hydrogens (primary N) is 1. The van der Waals surface area contributed by atoms with Gasteiger partial charge in [-0.1, -0.05) is 6.07 Å². The maximum Gasteiger partial charge on any atom is 0.271 e. The third-order valence-corrected chi connectivity index (χ3v) is 4.38. The summed E-state index contributed by atoms with van der Waals surface area (Å²) in [4.78, 5) is 25.5. The molecule has 0 bridgehead atoms. The number of amides is 2. The van der Waals surface area contributed by atoms with E-state index in [1.165, 1.54) is 27.8 Å². The number of likely N-dealkylation sites (tertiary alicyclic amines) is 1. The molecule has 0 spiro atoms. The van der Waals surface area contributed by atoms with Gasteiger partial charge in [-0.2, -0.15) is 0 Å². The topological polar surface area (TPSA) is 88.6 Å². The molecule has 1 fully saturated rings. The first-order valence-corrected chi connectivity index (χ1v) is 7.68. The molecule has 1 aromatic carbocycles. The van der Waals surface area contributed by atoms with Crippen molar-refractivity contribution in [1.82, 2.24) is 9.47 Å². The van der Waals surface area contributed by atoms with E-state index in [4.69, 9.17) is 5.73 Å². The van der Waals surface area contributed by atoms with Crippen molar-refractivity contribution in [3.8, 4) is 0 Å². The lowest BCUT2D eigenvalue weighted by Gasteiger charge is -2.25. The Labute approximate surface area is 142 Å². The van der Waals surface area contributed by atoms with E-state index in [9.17, 15) is 23.5 Å². The number of hydrogen-bond donors (Lipinski definition) is 2. The Bertz CT molecular complexity index is 850. The molecule has 2 amide bonds.